The number of fused-ring (bicyclic) bond motifs is 14. The van der Waals surface area contributed by atoms with Crippen LogP contribution in [-0.4, -0.2) is 13.7 Å². The summed E-state index contributed by atoms with van der Waals surface area (Å²) in [5, 5.41) is 8.72. The minimum atomic E-state index is 0.0357. The van der Waals surface area contributed by atoms with E-state index in [2.05, 4.69) is 244 Å². The van der Waals surface area contributed by atoms with Crippen molar-refractivity contribution in [1.82, 2.24) is 13.7 Å². The molecular weight excluding hydrogens is 867 g/mol. The Labute approximate surface area is 409 Å². The van der Waals surface area contributed by atoms with E-state index in [4.69, 9.17) is 9.47 Å². The maximum absolute atomic E-state index is 6.76. The first kappa shape index (κ1) is 38.9. The van der Waals surface area contributed by atoms with Crippen LogP contribution in [0.25, 0.3) is 94.9 Å². The van der Waals surface area contributed by atoms with Crippen LogP contribution in [-0.2, 0) is 0 Å². The van der Waals surface area contributed by atoms with Gasteiger partial charge in [-0.3, -0.25) is 0 Å². The average molecular weight is 910 g/mol. The molecule has 9 aromatic carbocycles. The zero-order valence-corrected chi connectivity index (χ0v) is 38.5. The van der Waals surface area contributed by atoms with Gasteiger partial charge in [0.25, 0.3) is 0 Å². The van der Waals surface area contributed by atoms with Crippen molar-refractivity contribution < 1.29 is 9.47 Å². The van der Waals surface area contributed by atoms with E-state index in [1.165, 1.54) is 98.8 Å². The Morgan fingerprint density at radius 1 is 0.451 bits per heavy atom. The number of hydrogen-bond acceptors (Lipinski definition) is 2. The van der Waals surface area contributed by atoms with Crippen molar-refractivity contribution in [2.75, 3.05) is 0 Å². The number of benzene rings is 9. The largest absolute Gasteiger partial charge is 0.461 e. The number of allylic oxidation sites excluding steroid dienone is 4. The molecule has 0 radical (unpaired) electrons. The van der Waals surface area contributed by atoms with Crippen molar-refractivity contribution in [2.24, 2.45) is 0 Å². The summed E-state index contributed by atoms with van der Waals surface area (Å²) in [5.41, 5.74) is 15.5. The van der Waals surface area contributed by atoms with Crippen molar-refractivity contribution >= 4 is 66.7 Å². The SMILES string of the molecule is C1=CC(c2cc3c4c(c2)c2ccccc2n4-c2ccccc2O3)C2C(=C1)Oc1ccc(C3C=c4c(n(-c5ccccc5)c5ccc(-c6ccc7c(c6)c6ccccc6n7-c6ccccc6)cc45)=CC3)cc12. The Balaban J connectivity index is 0.814. The monoisotopic (exact) mass is 909 g/mol. The van der Waals surface area contributed by atoms with Crippen LogP contribution in [0, 0.1) is 0 Å². The van der Waals surface area contributed by atoms with E-state index in [-0.39, 0.29) is 17.8 Å². The number of hydrogen-bond donors (Lipinski definition) is 0. The maximum atomic E-state index is 6.76. The molecule has 2 aliphatic carbocycles. The zero-order valence-electron chi connectivity index (χ0n) is 38.5. The lowest BCUT2D eigenvalue weighted by Crippen LogP contribution is -2.31. The fourth-order valence-corrected chi connectivity index (χ4v) is 12.6. The van der Waals surface area contributed by atoms with Crippen molar-refractivity contribution in [1.29, 1.82) is 0 Å². The fourth-order valence-electron chi connectivity index (χ4n) is 12.6. The van der Waals surface area contributed by atoms with Gasteiger partial charge >= 0.3 is 0 Å². The van der Waals surface area contributed by atoms with Gasteiger partial charge in [-0.05, 0) is 126 Å². The molecule has 0 saturated carbocycles. The first-order valence-corrected chi connectivity index (χ1v) is 24.8. The van der Waals surface area contributed by atoms with Crippen LogP contribution in [0.1, 0.15) is 40.9 Å². The van der Waals surface area contributed by atoms with Gasteiger partial charge in [0.05, 0.1) is 39.2 Å². The third kappa shape index (κ3) is 5.63. The van der Waals surface area contributed by atoms with Crippen LogP contribution >= 0.6 is 0 Å². The number of para-hydroxylation sites is 6. The summed E-state index contributed by atoms with van der Waals surface area (Å²) in [5.74, 6) is 3.97. The molecule has 5 nitrogen and oxygen atoms in total. The molecule has 0 spiro atoms. The predicted octanol–water partition coefficient (Wildman–Crippen LogP) is 15.1. The molecule has 16 rings (SSSR count). The van der Waals surface area contributed by atoms with Crippen molar-refractivity contribution in [3.63, 3.8) is 0 Å². The molecule has 3 aromatic heterocycles. The topological polar surface area (TPSA) is 33.2 Å². The van der Waals surface area contributed by atoms with E-state index < -0.39 is 0 Å². The van der Waals surface area contributed by atoms with E-state index in [1.54, 1.807) is 0 Å². The Morgan fingerprint density at radius 3 is 1.92 bits per heavy atom. The highest BCUT2D eigenvalue weighted by atomic mass is 16.5. The summed E-state index contributed by atoms with van der Waals surface area (Å²) in [6, 6.07) is 73.0. The quantitative estimate of drug-likeness (QED) is 0.172. The summed E-state index contributed by atoms with van der Waals surface area (Å²) in [6.45, 7) is 0. The first-order chi connectivity index (χ1) is 35.2. The molecule has 12 aromatic rings. The number of rotatable bonds is 5. The number of ether oxygens (including phenoxy) is 2. The average Bonchev–Trinajstić information content (AvgIpc) is 4.18. The molecule has 4 aliphatic rings. The molecule has 2 aliphatic heterocycles. The van der Waals surface area contributed by atoms with Crippen molar-refractivity contribution in [3.05, 3.63) is 251 Å². The molecule has 0 fully saturated rings. The van der Waals surface area contributed by atoms with Crippen LogP contribution in [0.15, 0.2) is 224 Å². The molecular formula is C66H43N3O2. The molecule has 0 N–H and O–H groups in total. The van der Waals surface area contributed by atoms with Gasteiger partial charge in [-0.15, -0.1) is 0 Å². The smallest absolute Gasteiger partial charge is 0.152 e. The maximum Gasteiger partial charge on any atom is 0.152 e. The summed E-state index contributed by atoms with van der Waals surface area (Å²) in [7, 11) is 0. The van der Waals surface area contributed by atoms with Gasteiger partial charge in [-0.2, -0.15) is 0 Å². The van der Waals surface area contributed by atoms with Crippen LogP contribution in [0.5, 0.6) is 17.2 Å². The van der Waals surface area contributed by atoms with Crippen LogP contribution in [0.3, 0.4) is 0 Å². The Hall–Kier alpha value is -9.06. The number of nitrogens with zero attached hydrogens (tertiary/aromatic N) is 3. The fraction of sp³-hybridized carbons (Fsp3) is 0.0606. The van der Waals surface area contributed by atoms with Crippen LogP contribution in [0.4, 0.5) is 0 Å². The minimum absolute atomic E-state index is 0.0357. The Morgan fingerprint density at radius 2 is 1.11 bits per heavy atom. The van der Waals surface area contributed by atoms with Crippen molar-refractivity contribution in [3.8, 4) is 45.4 Å². The minimum Gasteiger partial charge on any atom is -0.461 e. The normalized spacial score (nSPS) is 17.3. The Bertz CT molecular complexity index is 4450. The van der Waals surface area contributed by atoms with E-state index in [0.717, 1.165) is 40.6 Å². The lowest BCUT2D eigenvalue weighted by Gasteiger charge is -2.26. The molecule has 5 heterocycles. The molecule has 3 unspecified atom stereocenters. The summed E-state index contributed by atoms with van der Waals surface area (Å²) in [4.78, 5) is 0. The van der Waals surface area contributed by atoms with E-state index in [9.17, 15) is 0 Å². The zero-order chi connectivity index (χ0) is 46.3. The highest BCUT2D eigenvalue weighted by molar-refractivity contribution is 6.13. The van der Waals surface area contributed by atoms with Gasteiger partial charge in [-0.25, -0.2) is 0 Å². The van der Waals surface area contributed by atoms with Gasteiger partial charge < -0.3 is 23.2 Å². The third-order valence-corrected chi connectivity index (χ3v) is 15.7. The lowest BCUT2D eigenvalue weighted by molar-refractivity contribution is 0.416. The van der Waals surface area contributed by atoms with Crippen molar-refractivity contribution in [2.45, 2.75) is 24.2 Å². The molecule has 334 valence electrons. The predicted molar refractivity (Wildman–Crippen MR) is 289 cm³/mol. The van der Waals surface area contributed by atoms with Gasteiger partial charge in [0.15, 0.2) is 11.5 Å². The van der Waals surface area contributed by atoms with E-state index in [0.29, 0.717) is 0 Å². The second-order valence-electron chi connectivity index (χ2n) is 19.5. The second kappa shape index (κ2) is 14.7. The van der Waals surface area contributed by atoms with Gasteiger partial charge in [0.2, 0.25) is 0 Å². The third-order valence-electron chi connectivity index (χ3n) is 15.7. The second-order valence-corrected chi connectivity index (χ2v) is 19.5. The number of aromatic nitrogens is 3. The van der Waals surface area contributed by atoms with Crippen LogP contribution in [0.2, 0.25) is 0 Å². The molecule has 0 saturated heterocycles. The highest BCUT2D eigenvalue weighted by Gasteiger charge is 2.39. The van der Waals surface area contributed by atoms with E-state index >= 15 is 0 Å². The highest BCUT2D eigenvalue weighted by Crippen LogP contribution is 2.54. The summed E-state index contributed by atoms with van der Waals surface area (Å²) in [6.07, 6.45) is 12.6. The lowest BCUT2D eigenvalue weighted by atomic mass is 9.77. The Kier molecular flexibility index (Phi) is 8.06. The summed E-state index contributed by atoms with van der Waals surface area (Å²) >= 11 is 0. The van der Waals surface area contributed by atoms with Gasteiger partial charge in [-0.1, -0.05) is 133 Å². The molecule has 3 atom stereocenters. The molecule has 0 amide bonds. The van der Waals surface area contributed by atoms with Gasteiger partial charge in [0.1, 0.15) is 11.5 Å². The molecule has 5 heteroatoms. The molecule has 71 heavy (non-hydrogen) atoms. The first-order valence-electron chi connectivity index (χ1n) is 24.8. The molecule has 0 bridgehead atoms. The van der Waals surface area contributed by atoms with Gasteiger partial charge in [0, 0.05) is 66.3 Å². The van der Waals surface area contributed by atoms with E-state index in [1.807, 2.05) is 0 Å². The standard InChI is InChI=1S/C66H43N3O2/c1-3-14-45(15-4-1)67-55-21-9-7-18-48(55)50-34-40(26-30-57(50)67)41-27-31-58-51(35-41)52-36-42(28-32-59(52)68(58)46-16-5-2-6-17-46)43-29-33-61-54(37-43)65-47(20-13-25-63(65)70-61)44-38-53-49-19-8-10-22-56(49)69-60-23-11-12-24-62(60)71-64(39-44)66(53)69/h1-27,29-39,42,47,65H,28H2. The van der Waals surface area contributed by atoms with Crippen LogP contribution < -0.4 is 20.0 Å². The summed E-state index contributed by atoms with van der Waals surface area (Å²) < 4.78 is 20.7.